The Hall–Kier alpha value is -0.0800. The molecule has 1 saturated carbocycles. The molecule has 0 bridgehead atoms. The van der Waals surface area contributed by atoms with Crippen LogP contribution in [-0.4, -0.2) is 25.8 Å². The van der Waals surface area contributed by atoms with Crippen LogP contribution in [0.4, 0.5) is 0 Å². The number of ether oxygens (including phenoxy) is 1. The molecular weight excluding hydrogens is 222 g/mol. The highest BCUT2D eigenvalue weighted by atomic mass is 16.5. The molecule has 1 fully saturated rings. The molecule has 1 aliphatic carbocycles. The number of hydrogen-bond donors (Lipinski definition) is 1. The number of likely N-dealkylation sites (N-methyl/N-ethyl adjacent to an activating group) is 1. The van der Waals surface area contributed by atoms with Gasteiger partial charge in [0.15, 0.2) is 0 Å². The highest BCUT2D eigenvalue weighted by Gasteiger charge is 2.36. The first-order chi connectivity index (χ1) is 8.50. The molecule has 0 heterocycles. The summed E-state index contributed by atoms with van der Waals surface area (Å²) in [6.45, 7) is 9.82. The molecule has 0 aromatic rings. The topological polar surface area (TPSA) is 21.3 Å². The first-order valence-electron chi connectivity index (χ1n) is 7.79. The van der Waals surface area contributed by atoms with Crippen molar-refractivity contribution >= 4 is 0 Å². The van der Waals surface area contributed by atoms with Crippen molar-refractivity contribution in [2.24, 2.45) is 11.3 Å². The van der Waals surface area contributed by atoms with Crippen LogP contribution in [-0.2, 0) is 4.74 Å². The zero-order valence-electron chi connectivity index (χ0n) is 13.1. The summed E-state index contributed by atoms with van der Waals surface area (Å²) < 4.78 is 6.09. The highest BCUT2D eigenvalue weighted by molar-refractivity contribution is 4.90. The molecule has 2 unspecified atom stereocenters. The maximum atomic E-state index is 6.09. The van der Waals surface area contributed by atoms with Crippen LogP contribution in [0.25, 0.3) is 0 Å². The third-order valence-corrected chi connectivity index (χ3v) is 4.27. The summed E-state index contributed by atoms with van der Waals surface area (Å²) in [5, 5.41) is 3.57. The first kappa shape index (κ1) is 16.0. The van der Waals surface area contributed by atoms with Gasteiger partial charge >= 0.3 is 0 Å². The van der Waals surface area contributed by atoms with E-state index in [1.54, 1.807) is 0 Å². The molecule has 0 aliphatic heterocycles. The fraction of sp³-hybridized carbons (Fsp3) is 1.00. The van der Waals surface area contributed by atoms with E-state index in [-0.39, 0.29) is 5.41 Å². The van der Waals surface area contributed by atoms with Crippen LogP contribution in [0.1, 0.15) is 66.2 Å². The molecule has 1 N–H and O–H groups in total. The molecule has 0 aromatic carbocycles. The minimum Gasteiger partial charge on any atom is -0.376 e. The van der Waals surface area contributed by atoms with Gasteiger partial charge in [-0.15, -0.1) is 0 Å². The Morgan fingerprint density at radius 3 is 2.06 bits per heavy atom. The van der Waals surface area contributed by atoms with E-state index in [2.05, 4.69) is 40.1 Å². The molecule has 18 heavy (non-hydrogen) atoms. The lowest BCUT2D eigenvalue weighted by Crippen LogP contribution is -2.51. The summed E-state index contributed by atoms with van der Waals surface area (Å²) in [6.07, 6.45) is 8.67. The summed E-state index contributed by atoms with van der Waals surface area (Å²) >= 11 is 0. The van der Waals surface area contributed by atoms with Gasteiger partial charge in [-0.1, -0.05) is 46.5 Å². The standard InChI is InChI=1S/C16H33NO/c1-6-18-15(16(2,3)4)14(17-5)13-11-9-7-8-10-12-13/h13-15,17H,6-12H2,1-5H3. The summed E-state index contributed by atoms with van der Waals surface area (Å²) in [5.41, 5.74) is 0.204. The predicted octanol–water partition coefficient (Wildman–Crippen LogP) is 4.00. The van der Waals surface area contributed by atoms with Gasteiger partial charge in [-0.25, -0.2) is 0 Å². The van der Waals surface area contributed by atoms with Crippen molar-refractivity contribution in [2.45, 2.75) is 78.4 Å². The van der Waals surface area contributed by atoms with Gasteiger partial charge in [0.05, 0.1) is 6.10 Å². The average Bonchev–Trinajstić information content (AvgIpc) is 2.56. The summed E-state index contributed by atoms with van der Waals surface area (Å²) in [4.78, 5) is 0. The highest BCUT2D eigenvalue weighted by Crippen LogP contribution is 2.33. The fourth-order valence-corrected chi connectivity index (χ4v) is 3.38. The molecule has 0 amide bonds. The van der Waals surface area contributed by atoms with Crippen molar-refractivity contribution in [1.82, 2.24) is 5.32 Å². The maximum absolute atomic E-state index is 6.09. The average molecular weight is 255 g/mol. The van der Waals surface area contributed by atoms with E-state index in [1.807, 2.05) is 0 Å². The van der Waals surface area contributed by atoms with Gasteiger partial charge in [0.25, 0.3) is 0 Å². The third kappa shape index (κ3) is 4.55. The van der Waals surface area contributed by atoms with Gasteiger partial charge in [0.2, 0.25) is 0 Å². The number of hydrogen-bond acceptors (Lipinski definition) is 2. The smallest absolute Gasteiger partial charge is 0.0778 e. The van der Waals surface area contributed by atoms with Crippen LogP contribution in [0, 0.1) is 11.3 Å². The zero-order valence-corrected chi connectivity index (χ0v) is 13.1. The van der Waals surface area contributed by atoms with Crippen molar-refractivity contribution in [2.75, 3.05) is 13.7 Å². The summed E-state index contributed by atoms with van der Waals surface area (Å²) in [6, 6.07) is 0.503. The van der Waals surface area contributed by atoms with E-state index in [1.165, 1.54) is 38.5 Å². The van der Waals surface area contributed by atoms with E-state index >= 15 is 0 Å². The van der Waals surface area contributed by atoms with Crippen LogP contribution < -0.4 is 5.32 Å². The number of rotatable bonds is 5. The minimum atomic E-state index is 0.204. The first-order valence-corrected chi connectivity index (χ1v) is 7.79. The van der Waals surface area contributed by atoms with Crippen molar-refractivity contribution in [1.29, 1.82) is 0 Å². The van der Waals surface area contributed by atoms with E-state index in [4.69, 9.17) is 4.74 Å². The summed E-state index contributed by atoms with van der Waals surface area (Å²) in [7, 11) is 2.10. The van der Waals surface area contributed by atoms with Crippen LogP contribution in [0.15, 0.2) is 0 Å². The SMILES string of the molecule is CCOC(C(NC)C1CCCCCC1)C(C)(C)C. The predicted molar refractivity (Wildman–Crippen MR) is 78.9 cm³/mol. The second-order valence-electron chi connectivity index (χ2n) is 6.81. The van der Waals surface area contributed by atoms with Crippen LogP contribution in [0.5, 0.6) is 0 Å². The van der Waals surface area contributed by atoms with Gasteiger partial charge in [-0.05, 0) is 38.1 Å². The molecule has 2 nitrogen and oxygen atoms in total. The Morgan fingerprint density at radius 1 is 1.11 bits per heavy atom. The lowest BCUT2D eigenvalue weighted by molar-refractivity contribution is -0.0488. The van der Waals surface area contributed by atoms with Crippen molar-refractivity contribution in [3.63, 3.8) is 0 Å². The Kier molecular flexibility index (Phi) is 6.65. The Labute approximate surface area is 114 Å². The Bertz CT molecular complexity index is 214. The van der Waals surface area contributed by atoms with Gasteiger partial charge in [0, 0.05) is 12.6 Å². The van der Waals surface area contributed by atoms with E-state index in [9.17, 15) is 0 Å². The molecule has 0 radical (unpaired) electrons. The lowest BCUT2D eigenvalue weighted by atomic mass is 9.77. The molecule has 0 spiro atoms. The molecule has 2 heteroatoms. The Morgan fingerprint density at radius 2 is 1.67 bits per heavy atom. The zero-order chi connectivity index (χ0) is 13.6. The van der Waals surface area contributed by atoms with Crippen LogP contribution in [0.2, 0.25) is 0 Å². The third-order valence-electron chi connectivity index (χ3n) is 4.27. The molecule has 0 aromatic heterocycles. The molecule has 108 valence electrons. The quantitative estimate of drug-likeness (QED) is 0.750. The molecule has 2 atom stereocenters. The van der Waals surface area contributed by atoms with Crippen LogP contribution in [0.3, 0.4) is 0 Å². The van der Waals surface area contributed by atoms with Gasteiger partial charge in [-0.3, -0.25) is 0 Å². The van der Waals surface area contributed by atoms with Crippen molar-refractivity contribution in [3.05, 3.63) is 0 Å². The monoisotopic (exact) mass is 255 g/mol. The van der Waals surface area contributed by atoms with E-state index in [0.29, 0.717) is 12.1 Å². The Balaban J connectivity index is 2.76. The second-order valence-corrected chi connectivity index (χ2v) is 6.81. The molecule has 1 rings (SSSR count). The summed E-state index contributed by atoms with van der Waals surface area (Å²) in [5.74, 6) is 0.785. The fourth-order valence-electron chi connectivity index (χ4n) is 3.38. The van der Waals surface area contributed by atoms with Crippen molar-refractivity contribution < 1.29 is 4.74 Å². The van der Waals surface area contributed by atoms with Gasteiger partial charge in [0.1, 0.15) is 0 Å². The van der Waals surface area contributed by atoms with Gasteiger partial charge in [-0.2, -0.15) is 0 Å². The normalized spacial score (nSPS) is 22.5. The van der Waals surface area contributed by atoms with E-state index in [0.717, 1.165) is 12.5 Å². The van der Waals surface area contributed by atoms with Gasteiger partial charge < -0.3 is 10.1 Å². The molecular formula is C16H33NO. The molecule has 0 saturated heterocycles. The lowest BCUT2D eigenvalue weighted by Gasteiger charge is -2.40. The second kappa shape index (κ2) is 7.49. The molecule has 1 aliphatic rings. The minimum absolute atomic E-state index is 0.204. The maximum Gasteiger partial charge on any atom is 0.0778 e. The van der Waals surface area contributed by atoms with E-state index < -0.39 is 0 Å². The number of nitrogens with one attached hydrogen (secondary N) is 1. The van der Waals surface area contributed by atoms with Crippen LogP contribution >= 0.6 is 0 Å². The van der Waals surface area contributed by atoms with Crippen molar-refractivity contribution in [3.8, 4) is 0 Å². The largest absolute Gasteiger partial charge is 0.376 e.